The summed E-state index contributed by atoms with van der Waals surface area (Å²) >= 11 is 0. The Labute approximate surface area is 113 Å². The van der Waals surface area contributed by atoms with Crippen molar-refractivity contribution in [2.75, 3.05) is 20.3 Å². The second-order valence-corrected chi connectivity index (χ2v) is 4.37. The highest BCUT2D eigenvalue weighted by Gasteiger charge is 2.10. The Balaban J connectivity index is 2.55. The fourth-order valence-electron chi connectivity index (χ4n) is 1.41. The summed E-state index contributed by atoms with van der Waals surface area (Å²) in [5.41, 5.74) is 0.385. The van der Waals surface area contributed by atoms with Gasteiger partial charge in [-0.15, -0.1) is 0 Å². The fourth-order valence-corrected chi connectivity index (χ4v) is 1.41. The van der Waals surface area contributed by atoms with Gasteiger partial charge in [0.25, 0.3) is 0 Å². The highest BCUT2D eigenvalue weighted by atomic mass is 16.5. The van der Waals surface area contributed by atoms with E-state index in [9.17, 15) is 9.90 Å². The molecule has 1 N–H and O–H groups in total. The van der Waals surface area contributed by atoms with Gasteiger partial charge in [-0.2, -0.15) is 0 Å². The molecule has 1 rings (SSSR count). The lowest BCUT2D eigenvalue weighted by Gasteiger charge is -2.15. The fraction of sp³-hybridized carbons (Fsp3) is 0.500. The van der Waals surface area contributed by atoms with Crippen LogP contribution < -0.4 is 9.47 Å². The smallest absolute Gasteiger partial charge is 0.153 e. The molecule has 1 unspecified atom stereocenters. The third-order valence-corrected chi connectivity index (χ3v) is 2.40. The molecule has 0 aliphatic carbocycles. The summed E-state index contributed by atoms with van der Waals surface area (Å²) in [5, 5.41) is 9.66. The minimum absolute atomic E-state index is 0.0566. The van der Waals surface area contributed by atoms with E-state index < -0.39 is 6.10 Å². The normalized spacial score (nSPS) is 12.3. The number of aldehydes is 1. The lowest BCUT2D eigenvalue weighted by atomic mass is 10.2. The summed E-state index contributed by atoms with van der Waals surface area (Å²) in [6, 6.07) is 4.91. The molecule has 0 aliphatic heterocycles. The summed E-state index contributed by atoms with van der Waals surface area (Å²) in [6.07, 6.45) is 0.0136. The molecule has 1 aromatic carbocycles. The van der Waals surface area contributed by atoms with Gasteiger partial charge in [0.15, 0.2) is 6.29 Å². The molecule has 0 saturated carbocycles. The van der Waals surface area contributed by atoms with E-state index in [1.54, 1.807) is 18.2 Å². The maximum absolute atomic E-state index is 10.9. The highest BCUT2D eigenvalue weighted by molar-refractivity contribution is 5.80. The lowest BCUT2D eigenvalue weighted by molar-refractivity contribution is -0.0123. The van der Waals surface area contributed by atoms with Crippen LogP contribution in [0.5, 0.6) is 11.5 Å². The number of carbonyl (C=O) groups is 1. The van der Waals surface area contributed by atoms with Crippen molar-refractivity contribution in [1.82, 2.24) is 0 Å². The van der Waals surface area contributed by atoms with Crippen LogP contribution in [-0.4, -0.2) is 43.9 Å². The largest absolute Gasteiger partial charge is 0.497 e. The van der Waals surface area contributed by atoms with Crippen LogP contribution in [0.3, 0.4) is 0 Å². The van der Waals surface area contributed by atoms with Crippen molar-refractivity contribution in [3.8, 4) is 11.5 Å². The predicted molar refractivity (Wildman–Crippen MR) is 71.0 cm³/mol. The van der Waals surface area contributed by atoms with E-state index in [1.807, 2.05) is 13.8 Å². The molecular weight excluding hydrogens is 248 g/mol. The molecule has 0 radical (unpaired) electrons. The Morgan fingerprint density at radius 3 is 2.63 bits per heavy atom. The van der Waals surface area contributed by atoms with E-state index in [-0.39, 0.29) is 19.3 Å². The Morgan fingerprint density at radius 2 is 2.05 bits per heavy atom. The first-order valence-electron chi connectivity index (χ1n) is 6.12. The van der Waals surface area contributed by atoms with Crippen LogP contribution in [0.25, 0.3) is 0 Å². The molecule has 0 fully saturated rings. The standard InChI is InChI=1S/C14H20O5/c1-10(2)18-8-12(16)9-19-14-5-4-13(17-3)6-11(14)7-15/h4-7,10,12,16H,8-9H2,1-3H3. The molecule has 0 spiro atoms. The molecule has 5 heteroatoms. The minimum Gasteiger partial charge on any atom is -0.497 e. The maximum atomic E-state index is 10.9. The Morgan fingerprint density at radius 1 is 1.32 bits per heavy atom. The average molecular weight is 268 g/mol. The number of aliphatic hydroxyl groups excluding tert-OH is 1. The van der Waals surface area contributed by atoms with Crippen molar-refractivity contribution in [3.63, 3.8) is 0 Å². The van der Waals surface area contributed by atoms with E-state index >= 15 is 0 Å². The van der Waals surface area contributed by atoms with E-state index in [1.165, 1.54) is 7.11 Å². The lowest BCUT2D eigenvalue weighted by Crippen LogP contribution is -2.25. The summed E-state index contributed by atoms with van der Waals surface area (Å²) in [4.78, 5) is 10.9. The minimum atomic E-state index is -0.732. The third-order valence-electron chi connectivity index (χ3n) is 2.40. The third kappa shape index (κ3) is 5.28. The molecule has 0 heterocycles. The first-order valence-corrected chi connectivity index (χ1v) is 6.12. The number of hydrogen-bond donors (Lipinski definition) is 1. The van der Waals surface area contributed by atoms with Gasteiger partial charge in [-0.25, -0.2) is 0 Å². The molecule has 1 atom stereocenters. The molecule has 5 nitrogen and oxygen atoms in total. The van der Waals surface area contributed by atoms with Gasteiger partial charge in [0, 0.05) is 0 Å². The number of benzene rings is 1. The van der Waals surface area contributed by atoms with Gasteiger partial charge in [-0.05, 0) is 32.0 Å². The van der Waals surface area contributed by atoms with Crippen molar-refractivity contribution in [2.24, 2.45) is 0 Å². The Bertz CT molecular complexity index is 403. The zero-order chi connectivity index (χ0) is 14.3. The first kappa shape index (κ1) is 15.5. The van der Waals surface area contributed by atoms with Gasteiger partial charge >= 0.3 is 0 Å². The van der Waals surface area contributed by atoms with E-state index in [2.05, 4.69) is 0 Å². The molecule has 1 aromatic rings. The number of aliphatic hydroxyl groups is 1. The number of ether oxygens (including phenoxy) is 3. The van der Waals surface area contributed by atoms with Gasteiger partial charge in [0.05, 0.1) is 25.4 Å². The highest BCUT2D eigenvalue weighted by Crippen LogP contribution is 2.22. The monoisotopic (exact) mass is 268 g/mol. The van der Waals surface area contributed by atoms with Crippen molar-refractivity contribution in [3.05, 3.63) is 23.8 Å². The zero-order valence-electron chi connectivity index (χ0n) is 11.5. The second-order valence-electron chi connectivity index (χ2n) is 4.37. The topological polar surface area (TPSA) is 65.0 Å². The second kappa shape index (κ2) is 7.76. The zero-order valence-corrected chi connectivity index (χ0v) is 11.5. The summed E-state index contributed by atoms with van der Waals surface area (Å²) in [5.74, 6) is 0.998. The predicted octanol–water partition coefficient (Wildman–Crippen LogP) is 1.67. The van der Waals surface area contributed by atoms with Gasteiger partial charge < -0.3 is 19.3 Å². The number of rotatable bonds is 8. The summed E-state index contributed by atoms with van der Waals surface area (Å²) in [6.45, 7) is 4.05. The molecule has 19 heavy (non-hydrogen) atoms. The molecule has 0 amide bonds. The Hall–Kier alpha value is -1.59. The van der Waals surface area contributed by atoms with Gasteiger partial charge in [0.2, 0.25) is 0 Å². The molecule has 0 aliphatic rings. The van der Waals surface area contributed by atoms with Crippen LogP contribution in [0.15, 0.2) is 18.2 Å². The van der Waals surface area contributed by atoms with E-state index in [0.717, 1.165) is 0 Å². The van der Waals surface area contributed by atoms with Crippen LogP contribution in [0.4, 0.5) is 0 Å². The maximum Gasteiger partial charge on any atom is 0.153 e. The van der Waals surface area contributed by atoms with Crippen LogP contribution in [0, 0.1) is 0 Å². The quantitative estimate of drug-likeness (QED) is 0.727. The Kier molecular flexibility index (Phi) is 6.32. The van der Waals surface area contributed by atoms with Crippen LogP contribution in [0.1, 0.15) is 24.2 Å². The number of carbonyl (C=O) groups excluding carboxylic acids is 1. The van der Waals surface area contributed by atoms with Crippen molar-refractivity contribution in [1.29, 1.82) is 0 Å². The first-order chi connectivity index (χ1) is 9.06. The van der Waals surface area contributed by atoms with Crippen LogP contribution in [-0.2, 0) is 4.74 Å². The summed E-state index contributed by atoms with van der Waals surface area (Å²) in [7, 11) is 1.53. The van der Waals surface area contributed by atoms with Crippen molar-refractivity contribution >= 4 is 6.29 Å². The molecule has 106 valence electrons. The van der Waals surface area contributed by atoms with Gasteiger partial charge in [0.1, 0.15) is 24.2 Å². The van der Waals surface area contributed by atoms with E-state index in [4.69, 9.17) is 14.2 Å². The van der Waals surface area contributed by atoms with Crippen LogP contribution >= 0.6 is 0 Å². The molecule has 0 saturated heterocycles. The van der Waals surface area contributed by atoms with Crippen molar-refractivity contribution in [2.45, 2.75) is 26.1 Å². The van der Waals surface area contributed by atoms with Gasteiger partial charge in [-0.3, -0.25) is 4.79 Å². The number of hydrogen-bond acceptors (Lipinski definition) is 5. The molecule has 0 bridgehead atoms. The van der Waals surface area contributed by atoms with Crippen molar-refractivity contribution < 1.29 is 24.1 Å². The van der Waals surface area contributed by atoms with Gasteiger partial charge in [-0.1, -0.05) is 0 Å². The van der Waals surface area contributed by atoms with Crippen LogP contribution in [0.2, 0.25) is 0 Å². The summed E-state index contributed by atoms with van der Waals surface area (Å²) < 4.78 is 15.7. The molecular formula is C14H20O5. The SMILES string of the molecule is COc1ccc(OCC(O)COC(C)C)c(C=O)c1. The molecule has 0 aromatic heterocycles. The number of methoxy groups -OCH3 is 1. The van der Waals surface area contributed by atoms with E-state index in [0.29, 0.717) is 23.3 Å². The average Bonchev–Trinajstić information content (AvgIpc) is 2.42.